The number of hydrogen-bond acceptors (Lipinski definition) is 8. The maximum absolute atomic E-state index is 12.6. The van der Waals surface area contributed by atoms with Gasteiger partial charge in [0.25, 0.3) is 6.43 Å². The van der Waals surface area contributed by atoms with Crippen LogP contribution in [0.4, 0.5) is 20.3 Å². The van der Waals surface area contributed by atoms with E-state index in [4.69, 9.17) is 9.47 Å². The molecule has 4 heterocycles. The van der Waals surface area contributed by atoms with Gasteiger partial charge in [0, 0.05) is 56.2 Å². The quantitative estimate of drug-likeness (QED) is 0.497. The molecule has 3 aromatic rings. The van der Waals surface area contributed by atoms with Gasteiger partial charge < -0.3 is 19.7 Å². The lowest BCUT2D eigenvalue weighted by Crippen LogP contribution is -2.56. The molecule has 2 aliphatic rings. The molecule has 0 bridgehead atoms. The van der Waals surface area contributed by atoms with E-state index < -0.39 is 6.43 Å². The zero-order chi connectivity index (χ0) is 24.0. The number of nitrogens with one attached hydrogen (secondary N) is 1. The van der Waals surface area contributed by atoms with Crippen LogP contribution in [0.5, 0.6) is 5.88 Å². The fraction of sp³-hybridized carbons (Fsp3) is 0.400. The molecule has 8 nitrogen and oxygen atoms in total. The first-order chi connectivity index (χ1) is 17.1. The van der Waals surface area contributed by atoms with Gasteiger partial charge in [-0.05, 0) is 29.8 Å². The molecule has 5 rings (SSSR count). The highest BCUT2D eigenvalue weighted by Gasteiger charge is 2.28. The lowest BCUT2D eigenvalue weighted by Gasteiger charge is -2.43. The van der Waals surface area contributed by atoms with Crippen LogP contribution in [0.2, 0.25) is 0 Å². The number of nitrogens with zero attached hydrogens (tertiary/aromatic N) is 5. The van der Waals surface area contributed by atoms with Crippen molar-refractivity contribution in [3.05, 3.63) is 71.5 Å². The summed E-state index contributed by atoms with van der Waals surface area (Å²) in [5, 5.41) is 11.5. The van der Waals surface area contributed by atoms with Gasteiger partial charge in [-0.15, -0.1) is 10.2 Å². The molecule has 2 saturated heterocycles. The Hall–Kier alpha value is -3.37. The number of pyridine rings is 1. The van der Waals surface area contributed by atoms with E-state index in [-0.39, 0.29) is 12.3 Å². The molecule has 184 valence electrons. The predicted octanol–water partition coefficient (Wildman–Crippen LogP) is 3.52. The summed E-state index contributed by atoms with van der Waals surface area (Å²) < 4.78 is 36.0. The molecule has 35 heavy (non-hydrogen) atoms. The predicted molar refractivity (Wildman–Crippen MR) is 128 cm³/mol. The van der Waals surface area contributed by atoms with Crippen molar-refractivity contribution in [2.75, 3.05) is 49.6 Å². The molecule has 2 aromatic heterocycles. The molecule has 0 aliphatic carbocycles. The van der Waals surface area contributed by atoms with Gasteiger partial charge in [-0.25, -0.2) is 8.78 Å². The largest absolute Gasteiger partial charge is 0.472 e. The van der Waals surface area contributed by atoms with Crippen LogP contribution in [0.15, 0.2) is 54.7 Å². The number of halogens is 2. The van der Waals surface area contributed by atoms with Crippen LogP contribution in [0.1, 0.15) is 23.2 Å². The second kappa shape index (κ2) is 10.9. The van der Waals surface area contributed by atoms with Crippen LogP contribution < -0.4 is 15.0 Å². The number of ether oxygens (including phenoxy) is 2. The zero-order valence-corrected chi connectivity index (χ0v) is 19.3. The van der Waals surface area contributed by atoms with E-state index >= 15 is 0 Å². The summed E-state index contributed by atoms with van der Waals surface area (Å²) in [4.78, 5) is 8.68. The minimum absolute atomic E-state index is 0.175. The molecule has 0 radical (unpaired) electrons. The molecule has 0 saturated carbocycles. The van der Waals surface area contributed by atoms with Gasteiger partial charge in [0.15, 0.2) is 0 Å². The standard InChI is InChI=1S/C25H28F2N6O2/c26-25(27)22-6-3-19(14-28-22)15-35-24-8-7-23(30-31-24)29-13-18-1-4-20(5-2-18)32-9-11-33(12-10-32)21-16-34-17-21/h1-8,14,21,25H,9-13,15-17H2,(H,29,30). The van der Waals surface area contributed by atoms with Crippen molar-refractivity contribution in [2.45, 2.75) is 25.6 Å². The van der Waals surface area contributed by atoms with Crippen LogP contribution in [0, 0.1) is 0 Å². The average Bonchev–Trinajstić information content (AvgIpc) is 2.87. The number of anilines is 2. The van der Waals surface area contributed by atoms with Gasteiger partial charge >= 0.3 is 0 Å². The number of rotatable bonds is 9. The molecular weight excluding hydrogens is 454 g/mol. The topological polar surface area (TPSA) is 75.6 Å². The first kappa shape index (κ1) is 23.4. The van der Waals surface area contributed by atoms with E-state index in [1.165, 1.54) is 18.0 Å². The number of aromatic nitrogens is 3. The zero-order valence-electron chi connectivity index (χ0n) is 19.3. The molecule has 2 aliphatic heterocycles. The third-order valence-electron chi connectivity index (χ3n) is 6.32. The second-order valence-corrected chi connectivity index (χ2v) is 8.67. The van der Waals surface area contributed by atoms with Gasteiger partial charge in [0.1, 0.15) is 18.1 Å². The van der Waals surface area contributed by atoms with Crippen LogP contribution >= 0.6 is 0 Å². The summed E-state index contributed by atoms with van der Waals surface area (Å²) >= 11 is 0. The van der Waals surface area contributed by atoms with Crippen molar-refractivity contribution in [1.82, 2.24) is 20.1 Å². The molecule has 0 amide bonds. The SMILES string of the molecule is FC(F)c1ccc(COc2ccc(NCc3ccc(N4CCN(C5COC5)CC4)cc3)nn2)cn1. The molecule has 1 N–H and O–H groups in total. The third-order valence-corrected chi connectivity index (χ3v) is 6.32. The second-order valence-electron chi connectivity index (χ2n) is 8.67. The smallest absolute Gasteiger partial charge is 0.280 e. The van der Waals surface area contributed by atoms with Gasteiger partial charge in [-0.1, -0.05) is 18.2 Å². The van der Waals surface area contributed by atoms with E-state index in [1.807, 2.05) is 0 Å². The lowest BCUT2D eigenvalue weighted by molar-refractivity contribution is -0.0660. The van der Waals surface area contributed by atoms with Crippen molar-refractivity contribution in [3.8, 4) is 5.88 Å². The van der Waals surface area contributed by atoms with E-state index in [0.717, 1.165) is 45.0 Å². The Morgan fingerprint density at radius 2 is 1.71 bits per heavy atom. The van der Waals surface area contributed by atoms with E-state index in [0.29, 0.717) is 29.8 Å². The molecule has 0 spiro atoms. The molecule has 1 aromatic carbocycles. The Balaban J connectivity index is 1.06. The summed E-state index contributed by atoms with van der Waals surface area (Å²) in [6.45, 7) is 6.79. The molecule has 10 heteroatoms. The maximum atomic E-state index is 12.6. The van der Waals surface area contributed by atoms with Crippen molar-refractivity contribution >= 4 is 11.5 Å². The average molecular weight is 483 g/mol. The van der Waals surface area contributed by atoms with Crippen LogP contribution in [0.25, 0.3) is 0 Å². The maximum Gasteiger partial charge on any atom is 0.280 e. The number of hydrogen-bond donors (Lipinski definition) is 1. The monoisotopic (exact) mass is 482 g/mol. The van der Waals surface area contributed by atoms with Crippen LogP contribution in [-0.2, 0) is 17.9 Å². The van der Waals surface area contributed by atoms with Crippen molar-refractivity contribution in [3.63, 3.8) is 0 Å². The van der Waals surface area contributed by atoms with Gasteiger partial charge in [0.05, 0.1) is 19.3 Å². The van der Waals surface area contributed by atoms with Crippen molar-refractivity contribution in [2.24, 2.45) is 0 Å². The Morgan fingerprint density at radius 1 is 0.943 bits per heavy atom. The van der Waals surface area contributed by atoms with Crippen LogP contribution in [-0.4, -0.2) is 65.5 Å². The highest BCUT2D eigenvalue weighted by molar-refractivity contribution is 5.48. The van der Waals surface area contributed by atoms with Crippen LogP contribution in [0.3, 0.4) is 0 Å². The highest BCUT2D eigenvalue weighted by Crippen LogP contribution is 2.21. The Morgan fingerprint density at radius 3 is 2.31 bits per heavy atom. The fourth-order valence-corrected chi connectivity index (χ4v) is 4.10. The Kier molecular flexibility index (Phi) is 7.29. The van der Waals surface area contributed by atoms with Gasteiger partial charge in [-0.3, -0.25) is 9.88 Å². The van der Waals surface area contributed by atoms with E-state index in [2.05, 4.69) is 54.6 Å². The lowest BCUT2D eigenvalue weighted by atomic mass is 10.1. The summed E-state index contributed by atoms with van der Waals surface area (Å²) in [6, 6.07) is 15.6. The molecule has 2 fully saturated rings. The molecule has 0 atom stereocenters. The van der Waals surface area contributed by atoms with Gasteiger partial charge in [-0.2, -0.15) is 0 Å². The van der Waals surface area contributed by atoms with Crippen molar-refractivity contribution in [1.29, 1.82) is 0 Å². The summed E-state index contributed by atoms with van der Waals surface area (Å²) in [7, 11) is 0. The third kappa shape index (κ3) is 6.01. The minimum atomic E-state index is -2.58. The molecule has 0 unspecified atom stereocenters. The van der Waals surface area contributed by atoms with Crippen molar-refractivity contribution < 1.29 is 18.3 Å². The number of alkyl halides is 2. The minimum Gasteiger partial charge on any atom is -0.472 e. The first-order valence-corrected chi connectivity index (χ1v) is 11.7. The fourth-order valence-electron chi connectivity index (χ4n) is 4.10. The molecular formula is C25H28F2N6O2. The van der Waals surface area contributed by atoms with E-state index in [9.17, 15) is 8.78 Å². The summed E-state index contributed by atoms with van der Waals surface area (Å²) in [5.74, 6) is 0.989. The Bertz CT molecular complexity index is 1070. The highest BCUT2D eigenvalue weighted by atomic mass is 19.3. The Labute approximate surface area is 202 Å². The first-order valence-electron chi connectivity index (χ1n) is 11.7. The van der Waals surface area contributed by atoms with Gasteiger partial charge in [0.2, 0.25) is 5.88 Å². The normalized spacial score (nSPS) is 16.8. The number of piperazine rings is 1. The summed E-state index contributed by atoms with van der Waals surface area (Å²) in [5.41, 5.74) is 2.83. The van der Waals surface area contributed by atoms with E-state index in [1.54, 1.807) is 18.2 Å². The number of benzene rings is 1. The summed E-state index contributed by atoms with van der Waals surface area (Å²) in [6.07, 6.45) is -1.21.